The van der Waals surface area contributed by atoms with Crippen LogP contribution in [0, 0.1) is 0 Å². The summed E-state index contributed by atoms with van der Waals surface area (Å²) in [5.41, 5.74) is 3.52. The van der Waals surface area contributed by atoms with Crippen molar-refractivity contribution in [2.75, 3.05) is 0 Å². The molecule has 0 aliphatic heterocycles. The van der Waals surface area contributed by atoms with Gasteiger partial charge in [-0.3, -0.25) is 4.79 Å². The van der Waals surface area contributed by atoms with E-state index in [2.05, 4.69) is 10.5 Å². The molecule has 5 aromatic rings. The van der Waals surface area contributed by atoms with Gasteiger partial charge in [0.2, 0.25) is 0 Å². The molecule has 0 aliphatic rings. The molecule has 0 saturated heterocycles. The molecule has 5 rings (SSSR count). The second-order valence-corrected chi connectivity index (χ2v) is 9.18. The van der Waals surface area contributed by atoms with E-state index in [4.69, 9.17) is 14.2 Å². The van der Waals surface area contributed by atoms with E-state index >= 15 is 0 Å². The molecule has 8 nitrogen and oxygen atoms in total. The van der Waals surface area contributed by atoms with Crippen LogP contribution in [0.1, 0.15) is 33.2 Å². The van der Waals surface area contributed by atoms with Crippen LogP contribution in [-0.2, 0) is 4.79 Å². The van der Waals surface area contributed by atoms with Gasteiger partial charge in [-0.25, -0.2) is 15.0 Å². The molecule has 42 heavy (non-hydrogen) atoms. The van der Waals surface area contributed by atoms with Gasteiger partial charge in [-0.15, -0.1) is 0 Å². The Hall–Kier alpha value is -5.76. The van der Waals surface area contributed by atoms with Crippen LogP contribution in [0.3, 0.4) is 0 Å². The van der Waals surface area contributed by atoms with E-state index in [1.54, 1.807) is 79.7 Å². The summed E-state index contributed by atoms with van der Waals surface area (Å²) in [6.07, 6.45) is 0.488. The summed E-state index contributed by atoms with van der Waals surface area (Å²) in [5.74, 6) is -0.827. The van der Waals surface area contributed by atoms with Crippen molar-refractivity contribution < 1.29 is 28.6 Å². The fourth-order valence-electron chi connectivity index (χ4n) is 4.05. The van der Waals surface area contributed by atoms with Gasteiger partial charge < -0.3 is 14.2 Å². The quantitative estimate of drug-likeness (QED) is 0.100. The Bertz CT molecular complexity index is 1750. The number of amides is 1. The summed E-state index contributed by atoms with van der Waals surface area (Å²) in [5, 5.41) is 5.93. The molecule has 0 spiro atoms. The van der Waals surface area contributed by atoms with E-state index in [1.807, 2.05) is 36.4 Å². The van der Waals surface area contributed by atoms with E-state index in [1.165, 1.54) is 18.3 Å². The molecule has 0 fully saturated rings. The zero-order valence-corrected chi connectivity index (χ0v) is 22.6. The second kappa shape index (κ2) is 13.1. The number of carbonyl (C=O) groups is 3. The fourth-order valence-corrected chi connectivity index (χ4v) is 4.05. The highest BCUT2D eigenvalue weighted by molar-refractivity contribution is 5.94. The minimum Gasteiger partial charge on any atom is -0.480 e. The van der Waals surface area contributed by atoms with Crippen LogP contribution in [0.5, 0.6) is 17.2 Å². The molecule has 0 saturated carbocycles. The number of benzene rings is 5. The molecular formula is C34H26N2O6. The Morgan fingerprint density at radius 2 is 1.31 bits per heavy atom. The monoisotopic (exact) mass is 558 g/mol. The number of ether oxygens (including phenoxy) is 3. The number of esters is 2. The van der Waals surface area contributed by atoms with E-state index < -0.39 is 23.9 Å². The SMILES string of the molecule is CC(Oc1cccc2ccccc12)C(=O)NN=Cc1ccc(OC(=O)c2ccccc2)cc1OC(=O)c1ccccc1. The maximum Gasteiger partial charge on any atom is 0.343 e. The molecule has 1 atom stereocenters. The number of nitrogens with one attached hydrogen (secondary N) is 1. The summed E-state index contributed by atoms with van der Waals surface area (Å²) in [6.45, 7) is 1.62. The number of hydrogen-bond acceptors (Lipinski definition) is 7. The van der Waals surface area contributed by atoms with E-state index in [0.717, 1.165) is 10.8 Å². The van der Waals surface area contributed by atoms with Crippen molar-refractivity contribution in [2.24, 2.45) is 5.10 Å². The molecule has 0 bridgehead atoms. The zero-order valence-electron chi connectivity index (χ0n) is 22.6. The molecule has 8 heteroatoms. The van der Waals surface area contributed by atoms with Crippen LogP contribution in [0.4, 0.5) is 0 Å². The van der Waals surface area contributed by atoms with Gasteiger partial charge in [0.15, 0.2) is 6.10 Å². The highest BCUT2D eigenvalue weighted by Crippen LogP contribution is 2.27. The normalized spacial score (nSPS) is 11.5. The lowest BCUT2D eigenvalue weighted by Gasteiger charge is -2.15. The van der Waals surface area contributed by atoms with E-state index in [-0.39, 0.29) is 11.5 Å². The fraction of sp³-hybridized carbons (Fsp3) is 0.0588. The summed E-state index contributed by atoms with van der Waals surface area (Å²) in [4.78, 5) is 38.1. The Morgan fingerprint density at radius 3 is 2.02 bits per heavy atom. The topological polar surface area (TPSA) is 103 Å². The molecular weight excluding hydrogens is 532 g/mol. The molecule has 1 N–H and O–H groups in total. The summed E-state index contributed by atoms with van der Waals surface area (Å²) >= 11 is 0. The first-order valence-corrected chi connectivity index (χ1v) is 13.1. The highest BCUT2D eigenvalue weighted by Gasteiger charge is 2.17. The lowest BCUT2D eigenvalue weighted by molar-refractivity contribution is -0.127. The van der Waals surface area contributed by atoms with Crippen LogP contribution in [0.15, 0.2) is 126 Å². The molecule has 208 valence electrons. The standard InChI is InChI=1S/C34H26N2O6/c1-23(40-30-18-10-16-24-11-8-9-17-29(24)30)32(37)36-35-22-27-19-20-28(41-33(38)25-12-4-2-5-13-25)21-31(27)42-34(39)26-14-6-3-7-15-26/h2-23H,1H3,(H,36,37). The molecule has 1 unspecified atom stereocenters. The van der Waals surface area contributed by atoms with Crippen LogP contribution in [-0.4, -0.2) is 30.2 Å². The molecule has 1 amide bonds. The lowest BCUT2D eigenvalue weighted by atomic mass is 10.1. The second-order valence-electron chi connectivity index (χ2n) is 9.18. The van der Waals surface area contributed by atoms with Crippen molar-refractivity contribution in [1.82, 2.24) is 5.43 Å². The number of fused-ring (bicyclic) bond motifs is 1. The largest absolute Gasteiger partial charge is 0.480 e. The zero-order chi connectivity index (χ0) is 29.3. The number of hydrazone groups is 1. The first-order valence-electron chi connectivity index (χ1n) is 13.1. The predicted molar refractivity (Wildman–Crippen MR) is 159 cm³/mol. The van der Waals surface area contributed by atoms with Crippen LogP contribution < -0.4 is 19.6 Å². The average Bonchev–Trinajstić information content (AvgIpc) is 3.03. The Labute approximate surface area is 242 Å². The van der Waals surface area contributed by atoms with Crippen molar-refractivity contribution in [2.45, 2.75) is 13.0 Å². The summed E-state index contributed by atoms with van der Waals surface area (Å²) in [7, 11) is 0. The number of hydrogen-bond donors (Lipinski definition) is 1. The van der Waals surface area contributed by atoms with Gasteiger partial charge >= 0.3 is 11.9 Å². The van der Waals surface area contributed by atoms with E-state index in [0.29, 0.717) is 22.4 Å². The van der Waals surface area contributed by atoms with Crippen molar-refractivity contribution in [1.29, 1.82) is 0 Å². The van der Waals surface area contributed by atoms with Crippen molar-refractivity contribution in [3.63, 3.8) is 0 Å². The van der Waals surface area contributed by atoms with E-state index in [9.17, 15) is 14.4 Å². The van der Waals surface area contributed by atoms with Gasteiger partial charge in [0.05, 0.1) is 17.3 Å². The Morgan fingerprint density at radius 1 is 0.690 bits per heavy atom. The first kappa shape index (κ1) is 27.8. The van der Waals surface area contributed by atoms with Gasteiger partial charge in [-0.2, -0.15) is 5.10 Å². The molecule has 0 aromatic heterocycles. The summed E-state index contributed by atoms with van der Waals surface area (Å²) in [6, 6.07) is 34.8. The highest BCUT2D eigenvalue weighted by atomic mass is 16.5. The molecule has 0 aliphatic carbocycles. The van der Waals surface area contributed by atoms with Gasteiger partial charge in [-0.05, 0) is 54.8 Å². The van der Waals surface area contributed by atoms with Crippen LogP contribution >= 0.6 is 0 Å². The van der Waals surface area contributed by atoms with Gasteiger partial charge in [-0.1, -0.05) is 72.8 Å². The Balaban J connectivity index is 1.31. The van der Waals surface area contributed by atoms with Crippen molar-refractivity contribution >= 4 is 34.8 Å². The van der Waals surface area contributed by atoms with Crippen molar-refractivity contribution in [3.8, 4) is 17.2 Å². The lowest BCUT2D eigenvalue weighted by Crippen LogP contribution is -2.33. The maximum absolute atomic E-state index is 12.8. The average molecular weight is 559 g/mol. The third-order valence-corrected chi connectivity index (χ3v) is 6.22. The van der Waals surface area contributed by atoms with Crippen LogP contribution in [0.2, 0.25) is 0 Å². The number of nitrogens with zero attached hydrogens (tertiary/aromatic N) is 1. The molecule has 0 radical (unpaired) electrons. The Kier molecular flexibility index (Phi) is 8.64. The van der Waals surface area contributed by atoms with Crippen LogP contribution in [0.25, 0.3) is 10.8 Å². The van der Waals surface area contributed by atoms with Crippen molar-refractivity contribution in [3.05, 3.63) is 138 Å². The van der Waals surface area contributed by atoms with Gasteiger partial charge in [0.25, 0.3) is 5.91 Å². The smallest absolute Gasteiger partial charge is 0.343 e. The third-order valence-electron chi connectivity index (χ3n) is 6.22. The minimum absolute atomic E-state index is 0.0836. The minimum atomic E-state index is -0.844. The predicted octanol–water partition coefficient (Wildman–Crippen LogP) is 6.20. The summed E-state index contributed by atoms with van der Waals surface area (Å²) < 4.78 is 17.0. The van der Waals surface area contributed by atoms with Gasteiger partial charge in [0, 0.05) is 17.0 Å². The third kappa shape index (κ3) is 6.86. The first-order chi connectivity index (χ1) is 20.5. The van der Waals surface area contributed by atoms with Gasteiger partial charge in [0.1, 0.15) is 17.2 Å². The number of rotatable bonds is 9. The molecule has 0 heterocycles. The number of carbonyl (C=O) groups excluding carboxylic acids is 3. The molecule has 5 aromatic carbocycles. The maximum atomic E-state index is 12.8.